The standard InChI is InChI=1S/C14H18F2O2/c1-4-13(17)11-7-10(15)8-12(16)14(11)18-6-5-9(2)3/h7-9H,4-6H2,1-3H3. The Morgan fingerprint density at radius 2 is 2.00 bits per heavy atom. The van der Waals surface area contributed by atoms with Crippen LogP contribution in [0.5, 0.6) is 5.75 Å². The van der Waals surface area contributed by atoms with E-state index in [2.05, 4.69) is 0 Å². The Morgan fingerprint density at radius 1 is 1.33 bits per heavy atom. The van der Waals surface area contributed by atoms with Gasteiger partial charge < -0.3 is 4.74 Å². The average Bonchev–Trinajstić information content (AvgIpc) is 2.30. The largest absolute Gasteiger partial charge is 0.490 e. The molecule has 100 valence electrons. The van der Waals surface area contributed by atoms with E-state index in [4.69, 9.17) is 4.74 Å². The molecule has 0 aliphatic carbocycles. The van der Waals surface area contributed by atoms with E-state index in [9.17, 15) is 13.6 Å². The first-order chi connectivity index (χ1) is 8.45. The maximum atomic E-state index is 13.6. The van der Waals surface area contributed by atoms with Gasteiger partial charge in [-0.25, -0.2) is 8.78 Å². The number of benzene rings is 1. The van der Waals surface area contributed by atoms with Crippen molar-refractivity contribution in [1.82, 2.24) is 0 Å². The minimum absolute atomic E-state index is 0.0150. The van der Waals surface area contributed by atoms with Crippen LogP contribution in [0.25, 0.3) is 0 Å². The van der Waals surface area contributed by atoms with Gasteiger partial charge >= 0.3 is 0 Å². The van der Waals surface area contributed by atoms with Crippen molar-refractivity contribution in [3.05, 3.63) is 29.3 Å². The number of carbonyl (C=O) groups is 1. The van der Waals surface area contributed by atoms with Crippen LogP contribution < -0.4 is 4.74 Å². The molecule has 0 aliphatic heterocycles. The topological polar surface area (TPSA) is 26.3 Å². The van der Waals surface area contributed by atoms with Gasteiger partial charge in [-0.2, -0.15) is 0 Å². The molecule has 0 radical (unpaired) electrons. The van der Waals surface area contributed by atoms with Gasteiger partial charge in [-0.1, -0.05) is 20.8 Å². The van der Waals surface area contributed by atoms with Gasteiger partial charge in [-0.15, -0.1) is 0 Å². The minimum atomic E-state index is -0.824. The summed E-state index contributed by atoms with van der Waals surface area (Å²) in [6, 6.07) is 1.76. The molecule has 0 atom stereocenters. The van der Waals surface area contributed by atoms with Crippen LogP contribution in [-0.4, -0.2) is 12.4 Å². The molecule has 0 aromatic heterocycles. The molecule has 1 aromatic rings. The van der Waals surface area contributed by atoms with Crippen molar-refractivity contribution in [3.8, 4) is 5.75 Å². The summed E-state index contributed by atoms with van der Waals surface area (Å²) in [6.45, 7) is 5.98. The second kappa shape index (κ2) is 6.47. The molecule has 0 saturated heterocycles. The van der Waals surface area contributed by atoms with Crippen molar-refractivity contribution in [2.75, 3.05) is 6.61 Å². The Kier molecular flexibility index (Phi) is 5.25. The maximum absolute atomic E-state index is 13.6. The number of ether oxygens (including phenoxy) is 1. The fraction of sp³-hybridized carbons (Fsp3) is 0.500. The first-order valence-corrected chi connectivity index (χ1v) is 6.10. The van der Waals surface area contributed by atoms with Crippen molar-refractivity contribution in [2.45, 2.75) is 33.6 Å². The van der Waals surface area contributed by atoms with Crippen LogP contribution >= 0.6 is 0 Å². The molecule has 1 rings (SSSR count). The first-order valence-electron chi connectivity index (χ1n) is 6.10. The molecule has 0 spiro atoms. The molecule has 0 heterocycles. The highest BCUT2D eigenvalue weighted by Gasteiger charge is 2.17. The summed E-state index contributed by atoms with van der Waals surface area (Å²) in [5, 5.41) is 0. The summed E-state index contributed by atoms with van der Waals surface area (Å²) in [7, 11) is 0. The third-order valence-corrected chi connectivity index (χ3v) is 2.57. The zero-order valence-electron chi connectivity index (χ0n) is 10.9. The predicted octanol–water partition coefficient (Wildman–Crippen LogP) is 3.98. The molecule has 18 heavy (non-hydrogen) atoms. The van der Waals surface area contributed by atoms with Crippen LogP contribution in [0.3, 0.4) is 0 Å². The lowest BCUT2D eigenvalue weighted by atomic mass is 10.1. The number of Topliss-reactive ketones (excluding diaryl/α,β-unsaturated/α-hetero) is 1. The highest BCUT2D eigenvalue weighted by atomic mass is 19.1. The van der Waals surface area contributed by atoms with E-state index in [1.54, 1.807) is 6.92 Å². The smallest absolute Gasteiger partial charge is 0.168 e. The molecule has 2 nitrogen and oxygen atoms in total. The summed E-state index contributed by atoms with van der Waals surface area (Å²) < 4.78 is 32.0. The molecule has 0 N–H and O–H groups in total. The fourth-order valence-corrected chi connectivity index (χ4v) is 1.50. The number of halogens is 2. The van der Waals surface area contributed by atoms with Crippen LogP contribution in [0.2, 0.25) is 0 Å². The van der Waals surface area contributed by atoms with E-state index in [1.165, 1.54) is 0 Å². The molecular weight excluding hydrogens is 238 g/mol. The number of carbonyl (C=O) groups excluding carboxylic acids is 1. The lowest BCUT2D eigenvalue weighted by Gasteiger charge is -2.12. The van der Waals surface area contributed by atoms with E-state index in [0.29, 0.717) is 12.5 Å². The molecular formula is C14H18F2O2. The number of hydrogen-bond acceptors (Lipinski definition) is 2. The van der Waals surface area contributed by atoms with Crippen molar-refractivity contribution < 1.29 is 18.3 Å². The highest BCUT2D eigenvalue weighted by Crippen LogP contribution is 2.26. The summed E-state index contributed by atoms with van der Waals surface area (Å²) in [4.78, 5) is 11.6. The van der Waals surface area contributed by atoms with E-state index >= 15 is 0 Å². The van der Waals surface area contributed by atoms with Crippen LogP contribution in [0.4, 0.5) is 8.78 Å². The Morgan fingerprint density at radius 3 is 2.56 bits per heavy atom. The van der Waals surface area contributed by atoms with Gasteiger partial charge in [0.05, 0.1) is 12.2 Å². The van der Waals surface area contributed by atoms with Gasteiger partial charge in [-0.05, 0) is 18.4 Å². The van der Waals surface area contributed by atoms with Gasteiger partial charge in [0.15, 0.2) is 17.3 Å². The Labute approximate surface area is 106 Å². The minimum Gasteiger partial charge on any atom is -0.490 e. The molecule has 0 bridgehead atoms. The maximum Gasteiger partial charge on any atom is 0.168 e. The lowest BCUT2D eigenvalue weighted by Crippen LogP contribution is -2.08. The monoisotopic (exact) mass is 256 g/mol. The van der Waals surface area contributed by atoms with Gasteiger partial charge in [-0.3, -0.25) is 4.79 Å². The third-order valence-electron chi connectivity index (χ3n) is 2.57. The van der Waals surface area contributed by atoms with Crippen molar-refractivity contribution in [2.24, 2.45) is 5.92 Å². The zero-order chi connectivity index (χ0) is 13.7. The van der Waals surface area contributed by atoms with Crippen LogP contribution in [0.1, 0.15) is 44.0 Å². The van der Waals surface area contributed by atoms with Gasteiger partial charge in [0.2, 0.25) is 0 Å². The predicted molar refractivity (Wildman–Crippen MR) is 65.9 cm³/mol. The molecule has 0 saturated carbocycles. The summed E-state index contributed by atoms with van der Waals surface area (Å²) in [5.41, 5.74) is -0.0150. The second-order valence-corrected chi connectivity index (χ2v) is 4.57. The van der Waals surface area contributed by atoms with Crippen molar-refractivity contribution in [1.29, 1.82) is 0 Å². The Hall–Kier alpha value is -1.45. The fourth-order valence-electron chi connectivity index (χ4n) is 1.50. The van der Waals surface area contributed by atoms with Gasteiger partial charge in [0.25, 0.3) is 0 Å². The van der Waals surface area contributed by atoms with E-state index in [-0.39, 0.29) is 23.5 Å². The van der Waals surface area contributed by atoms with Crippen LogP contribution in [0.15, 0.2) is 12.1 Å². The SMILES string of the molecule is CCC(=O)c1cc(F)cc(F)c1OCCC(C)C. The molecule has 0 amide bonds. The van der Waals surface area contributed by atoms with Crippen LogP contribution in [0, 0.1) is 17.6 Å². The lowest BCUT2D eigenvalue weighted by molar-refractivity contribution is 0.0982. The van der Waals surface area contributed by atoms with Crippen LogP contribution in [-0.2, 0) is 0 Å². The third kappa shape index (κ3) is 3.79. The van der Waals surface area contributed by atoms with E-state index in [1.807, 2.05) is 13.8 Å². The number of rotatable bonds is 6. The first kappa shape index (κ1) is 14.6. The van der Waals surface area contributed by atoms with Crippen molar-refractivity contribution in [3.63, 3.8) is 0 Å². The highest BCUT2D eigenvalue weighted by molar-refractivity contribution is 5.98. The molecule has 0 fully saturated rings. The Balaban J connectivity index is 2.96. The number of ketones is 1. The molecule has 4 heteroatoms. The van der Waals surface area contributed by atoms with E-state index in [0.717, 1.165) is 18.6 Å². The average molecular weight is 256 g/mol. The van der Waals surface area contributed by atoms with Gasteiger partial charge in [0, 0.05) is 12.5 Å². The Bertz CT molecular complexity index is 428. The van der Waals surface area contributed by atoms with Crippen molar-refractivity contribution >= 4 is 5.78 Å². The summed E-state index contributed by atoms with van der Waals surface area (Å²) in [5.74, 6) is -1.63. The molecule has 0 aliphatic rings. The zero-order valence-corrected chi connectivity index (χ0v) is 10.9. The molecule has 0 unspecified atom stereocenters. The van der Waals surface area contributed by atoms with E-state index < -0.39 is 11.6 Å². The second-order valence-electron chi connectivity index (χ2n) is 4.57. The quantitative estimate of drug-likeness (QED) is 0.719. The summed E-state index contributed by atoms with van der Waals surface area (Å²) in [6.07, 6.45) is 0.931. The molecule has 1 aromatic carbocycles. The van der Waals surface area contributed by atoms with Gasteiger partial charge in [0.1, 0.15) is 5.82 Å². The number of hydrogen-bond donors (Lipinski definition) is 0. The normalized spacial score (nSPS) is 10.8. The summed E-state index contributed by atoms with van der Waals surface area (Å²) >= 11 is 0.